The molecule has 0 saturated carbocycles. The summed E-state index contributed by atoms with van der Waals surface area (Å²) in [4.78, 5) is 13.9. The fourth-order valence-corrected chi connectivity index (χ4v) is 1.72. The number of benzene rings is 1. The van der Waals surface area contributed by atoms with Gasteiger partial charge >= 0.3 is 5.69 Å². The van der Waals surface area contributed by atoms with Crippen LogP contribution < -0.4 is 10.5 Å². The molecule has 1 heterocycles. The number of hydrogen-bond acceptors (Lipinski definition) is 5. The summed E-state index contributed by atoms with van der Waals surface area (Å²) in [7, 11) is 0. The molecule has 0 aliphatic carbocycles. The van der Waals surface area contributed by atoms with Gasteiger partial charge in [0.15, 0.2) is 5.82 Å². The summed E-state index contributed by atoms with van der Waals surface area (Å²) in [6.07, 6.45) is 1.39. The minimum atomic E-state index is -0.863. The average Bonchev–Trinajstić information content (AvgIpc) is 2.34. The highest BCUT2D eigenvalue weighted by Crippen LogP contribution is 2.35. The number of rotatable bonds is 3. The molecular formula is C11H7BrFN3O3. The van der Waals surface area contributed by atoms with Crippen molar-refractivity contribution in [3.8, 4) is 11.6 Å². The number of hydrogen-bond donors (Lipinski definition) is 1. The van der Waals surface area contributed by atoms with E-state index in [1.807, 2.05) is 0 Å². The van der Waals surface area contributed by atoms with Gasteiger partial charge < -0.3 is 10.5 Å². The van der Waals surface area contributed by atoms with Crippen LogP contribution in [0.2, 0.25) is 0 Å². The number of nitrogen functional groups attached to an aromatic ring is 1. The molecule has 0 bridgehead atoms. The molecule has 98 valence electrons. The first-order valence-corrected chi connectivity index (χ1v) is 5.80. The van der Waals surface area contributed by atoms with Gasteiger partial charge in [0, 0.05) is 16.7 Å². The van der Waals surface area contributed by atoms with E-state index >= 15 is 0 Å². The number of pyridine rings is 1. The summed E-state index contributed by atoms with van der Waals surface area (Å²) in [5.41, 5.74) is 5.27. The molecule has 6 nitrogen and oxygen atoms in total. The van der Waals surface area contributed by atoms with Gasteiger partial charge in [-0.3, -0.25) is 10.1 Å². The molecule has 1 aromatic heterocycles. The van der Waals surface area contributed by atoms with Crippen LogP contribution in [0.1, 0.15) is 0 Å². The second kappa shape index (κ2) is 5.19. The van der Waals surface area contributed by atoms with Crippen molar-refractivity contribution in [2.45, 2.75) is 0 Å². The van der Waals surface area contributed by atoms with E-state index in [0.29, 0.717) is 4.47 Å². The molecule has 8 heteroatoms. The van der Waals surface area contributed by atoms with Crippen molar-refractivity contribution in [3.05, 3.63) is 50.9 Å². The van der Waals surface area contributed by atoms with E-state index in [-0.39, 0.29) is 11.6 Å². The predicted molar refractivity (Wildman–Crippen MR) is 69.5 cm³/mol. The van der Waals surface area contributed by atoms with Gasteiger partial charge in [0.1, 0.15) is 0 Å². The maximum Gasteiger partial charge on any atom is 0.314 e. The highest BCUT2D eigenvalue weighted by molar-refractivity contribution is 9.10. The Morgan fingerprint density at radius 3 is 2.84 bits per heavy atom. The zero-order valence-electron chi connectivity index (χ0n) is 9.34. The molecule has 19 heavy (non-hydrogen) atoms. The maximum atomic E-state index is 13.6. The van der Waals surface area contributed by atoms with Gasteiger partial charge in [-0.15, -0.1) is 0 Å². The first kappa shape index (κ1) is 13.2. The summed E-state index contributed by atoms with van der Waals surface area (Å²) >= 11 is 3.15. The maximum absolute atomic E-state index is 13.6. The standard InChI is InChI=1S/C11H7BrFN3O3/c12-6-4-8(14)11(15-5-6)19-10-7(13)2-1-3-9(10)16(17)18/h1-5H,14H2. The van der Waals surface area contributed by atoms with Crippen molar-refractivity contribution in [3.63, 3.8) is 0 Å². The lowest BCUT2D eigenvalue weighted by Gasteiger charge is -2.08. The molecule has 2 aromatic rings. The van der Waals surface area contributed by atoms with Crippen LogP contribution >= 0.6 is 15.9 Å². The van der Waals surface area contributed by atoms with E-state index in [0.717, 1.165) is 12.1 Å². The van der Waals surface area contributed by atoms with Gasteiger partial charge in [0.25, 0.3) is 0 Å². The first-order valence-electron chi connectivity index (χ1n) is 5.01. The second-order valence-electron chi connectivity index (χ2n) is 3.50. The summed E-state index contributed by atoms with van der Waals surface area (Å²) in [6, 6.07) is 4.90. The van der Waals surface area contributed by atoms with Crippen molar-refractivity contribution in [1.29, 1.82) is 0 Å². The van der Waals surface area contributed by atoms with Crippen molar-refractivity contribution >= 4 is 27.3 Å². The van der Waals surface area contributed by atoms with E-state index in [1.54, 1.807) is 0 Å². The molecule has 2 rings (SSSR count). The Kier molecular flexibility index (Phi) is 3.61. The van der Waals surface area contributed by atoms with Crippen molar-refractivity contribution < 1.29 is 14.1 Å². The van der Waals surface area contributed by atoms with Gasteiger partial charge in [-0.1, -0.05) is 6.07 Å². The van der Waals surface area contributed by atoms with E-state index in [4.69, 9.17) is 10.5 Å². The van der Waals surface area contributed by atoms with Gasteiger partial charge in [-0.2, -0.15) is 0 Å². The lowest BCUT2D eigenvalue weighted by atomic mass is 10.3. The predicted octanol–water partition coefficient (Wildman–Crippen LogP) is 3.27. The Morgan fingerprint density at radius 1 is 1.47 bits per heavy atom. The third-order valence-corrected chi connectivity index (χ3v) is 2.62. The van der Waals surface area contributed by atoms with Gasteiger partial charge in [-0.05, 0) is 28.1 Å². The fourth-order valence-electron chi connectivity index (χ4n) is 1.37. The second-order valence-corrected chi connectivity index (χ2v) is 4.41. The fraction of sp³-hybridized carbons (Fsp3) is 0. The Morgan fingerprint density at radius 2 is 2.21 bits per heavy atom. The molecule has 0 unspecified atom stereocenters. The molecule has 0 amide bonds. The lowest BCUT2D eigenvalue weighted by Crippen LogP contribution is -1.99. The number of nitro groups is 1. The van der Waals surface area contributed by atoms with Crippen LogP contribution in [-0.4, -0.2) is 9.91 Å². The summed E-state index contributed by atoms with van der Waals surface area (Å²) in [6.45, 7) is 0. The molecule has 0 atom stereocenters. The van der Waals surface area contributed by atoms with Crippen molar-refractivity contribution in [1.82, 2.24) is 4.98 Å². The van der Waals surface area contributed by atoms with Crippen LogP contribution in [0.5, 0.6) is 11.6 Å². The molecule has 0 fully saturated rings. The van der Waals surface area contributed by atoms with Crippen LogP contribution in [0, 0.1) is 15.9 Å². The summed E-state index contributed by atoms with van der Waals surface area (Å²) < 4.78 is 19.3. The number of anilines is 1. The van der Waals surface area contributed by atoms with Crippen LogP contribution in [0.15, 0.2) is 34.9 Å². The molecule has 0 aliphatic rings. The number of nitro benzene ring substituents is 1. The zero-order valence-corrected chi connectivity index (χ0v) is 10.9. The minimum Gasteiger partial charge on any atom is -0.427 e. The Bertz CT molecular complexity index is 651. The van der Waals surface area contributed by atoms with Crippen LogP contribution in [0.4, 0.5) is 15.8 Å². The Hall–Kier alpha value is -2.22. The Balaban J connectivity index is 2.46. The van der Waals surface area contributed by atoms with Gasteiger partial charge in [-0.25, -0.2) is 9.37 Å². The molecule has 1 aromatic carbocycles. The number of nitrogens with two attached hydrogens (primary N) is 1. The topological polar surface area (TPSA) is 91.3 Å². The monoisotopic (exact) mass is 327 g/mol. The number of halogens is 2. The van der Waals surface area contributed by atoms with Crippen molar-refractivity contribution in [2.75, 3.05) is 5.73 Å². The molecule has 0 spiro atoms. The molecule has 0 radical (unpaired) electrons. The highest BCUT2D eigenvalue weighted by atomic mass is 79.9. The zero-order chi connectivity index (χ0) is 14.0. The normalized spacial score (nSPS) is 10.2. The lowest BCUT2D eigenvalue weighted by molar-refractivity contribution is -0.385. The number of ether oxygens (including phenoxy) is 1. The SMILES string of the molecule is Nc1cc(Br)cnc1Oc1c(F)cccc1[N+](=O)[O-]. The van der Waals surface area contributed by atoms with E-state index in [1.165, 1.54) is 18.3 Å². The largest absolute Gasteiger partial charge is 0.427 e. The van der Waals surface area contributed by atoms with Crippen LogP contribution in [0.3, 0.4) is 0 Å². The third kappa shape index (κ3) is 2.79. The Labute approximate surface area is 115 Å². The van der Waals surface area contributed by atoms with Gasteiger partial charge in [0.05, 0.1) is 10.6 Å². The van der Waals surface area contributed by atoms with E-state index < -0.39 is 22.2 Å². The molecule has 0 saturated heterocycles. The van der Waals surface area contributed by atoms with Crippen molar-refractivity contribution in [2.24, 2.45) is 0 Å². The van der Waals surface area contributed by atoms with Crippen LogP contribution in [-0.2, 0) is 0 Å². The molecule has 2 N–H and O–H groups in total. The summed E-state index contributed by atoms with van der Waals surface area (Å²) in [5, 5.41) is 10.8. The quantitative estimate of drug-likeness (QED) is 0.690. The molecular weight excluding hydrogens is 321 g/mol. The average molecular weight is 328 g/mol. The number of para-hydroxylation sites is 1. The number of aromatic nitrogens is 1. The number of nitrogens with zero attached hydrogens (tertiary/aromatic N) is 2. The first-order chi connectivity index (χ1) is 8.99. The summed E-state index contributed by atoms with van der Waals surface area (Å²) in [5.74, 6) is -1.48. The van der Waals surface area contributed by atoms with E-state index in [2.05, 4.69) is 20.9 Å². The third-order valence-electron chi connectivity index (χ3n) is 2.19. The van der Waals surface area contributed by atoms with Gasteiger partial charge in [0.2, 0.25) is 11.6 Å². The van der Waals surface area contributed by atoms with Crippen LogP contribution in [0.25, 0.3) is 0 Å². The molecule has 0 aliphatic heterocycles. The highest BCUT2D eigenvalue weighted by Gasteiger charge is 2.21. The smallest absolute Gasteiger partial charge is 0.314 e. The van der Waals surface area contributed by atoms with E-state index in [9.17, 15) is 14.5 Å². The minimum absolute atomic E-state index is 0.101.